The lowest BCUT2D eigenvalue weighted by Crippen LogP contribution is -2.41. The van der Waals surface area contributed by atoms with E-state index in [1.807, 2.05) is 11.9 Å². The quantitative estimate of drug-likeness (QED) is 0.719. The third-order valence-electron chi connectivity index (χ3n) is 3.85. The Bertz CT molecular complexity index is 313. The topological polar surface area (TPSA) is 40.6 Å². The number of likely N-dealkylation sites (N-methyl/N-ethyl adjacent to an activating group) is 1. The van der Waals surface area contributed by atoms with Crippen LogP contribution in [0.5, 0.6) is 0 Å². The predicted octanol–water partition coefficient (Wildman–Crippen LogP) is 1.05. The Balaban J connectivity index is 1.84. The first-order valence-electron chi connectivity index (χ1n) is 6.57. The van der Waals surface area contributed by atoms with Crippen molar-refractivity contribution in [3.8, 4) is 0 Å². The van der Waals surface area contributed by atoms with Gasteiger partial charge in [0, 0.05) is 25.6 Å². The molecule has 96 valence electrons. The van der Waals surface area contributed by atoms with Crippen molar-refractivity contribution in [1.29, 1.82) is 0 Å². The van der Waals surface area contributed by atoms with Crippen molar-refractivity contribution in [3.05, 3.63) is 0 Å². The molecule has 2 fully saturated rings. The lowest BCUT2D eigenvalue weighted by molar-refractivity contribution is -0.132. The van der Waals surface area contributed by atoms with E-state index in [2.05, 4.69) is 4.90 Å². The average molecular weight is 238 g/mol. The standard InChI is InChI=1S/C13H22N2O2/c1-10(16)8-12-4-3-7-15(12)9-13(17)14(2)11-5-6-11/h11-12H,3-9H2,1-2H3. The van der Waals surface area contributed by atoms with Crippen LogP contribution in [0.25, 0.3) is 0 Å². The number of Topliss-reactive ketones (excluding diaryl/α,β-unsaturated/α-hetero) is 1. The Morgan fingerprint density at radius 2 is 2.00 bits per heavy atom. The fraction of sp³-hybridized carbons (Fsp3) is 0.846. The van der Waals surface area contributed by atoms with Crippen LogP contribution in [0.2, 0.25) is 0 Å². The first-order chi connectivity index (χ1) is 8.08. The summed E-state index contributed by atoms with van der Waals surface area (Å²) in [5.41, 5.74) is 0. The molecule has 0 aromatic rings. The van der Waals surface area contributed by atoms with Crippen LogP contribution in [-0.2, 0) is 9.59 Å². The SMILES string of the molecule is CC(=O)CC1CCCN1CC(=O)N(C)C1CC1. The minimum atomic E-state index is 0.211. The minimum absolute atomic E-state index is 0.211. The smallest absolute Gasteiger partial charge is 0.236 e. The Morgan fingerprint density at radius 3 is 2.59 bits per heavy atom. The maximum absolute atomic E-state index is 12.0. The molecular weight excluding hydrogens is 216 g/mol. The summed E-state index contributed by atoms with van der Waals surface area (Å²) < 4.78 is 0. The molecule has 0 aromatic heterocycles. The van der Waals surface area contributed by atoms with E-state index in [0.29, 0.717) is 25.0 Å². The molecule has 1 saturated heterocycles. The molecule has 0 aromatic carbocycles. The normalized spacial score (nSPS) is 24.9. The van der Waals surface area contributed by atoms with E-state index in [9.17, 15) is 9.59 Å². The Hall–Kier alpha value is -0.900. The molecule has 1 atom stereocenters. The van der Waals surface area contributed by atoms with E-state index < -0.39 is 0 Å². The van der Waals surface area contributed by atoms with Crippen molar-refractivity contribution >= 4 is 11.7 Å². The number of hydrogen-bond donors (Lipinski definition) is 0. The van der Waals surface area contributed by atoms with Gasteiger partial charge in [0.25, 0.3) is 0 Å². The predicted molar refractivity (Wildman–Crippen MR) is 65.7 cm³/mol. The van der Waals surface area contributed by atoms with Crippen LogP contribution in [-0.4, -0.2) is 53.7 Å². The molecular formula is C13H22N2O2. The summed E-state index contributed by atoms with van der Waals surface area (Å²) in [6, 6.07) is 0.778. The summed E-state index contributed by atoms with van der Waals surface area (Å²) in [6.45, 7) is 3.09. The average Bonchev–Trinajstić information content (AvgIpc) is 3.02. The highest BCUT2D eigenvalue weighted by Gasteiger charge is 2.32. The van der Waals surface area contributed by atoms with Crippen molar-refractivity contribution in [2.45, 2.75) is 51.1 Å². The van der Waals surface area contributed by atoms with Crippen LogP contribution in [0, 0.1) is 0 Å². The van der Waals surface area contributed by atoms with Gasteiger partial charge in [-0.2, -0.15) is 0 Å². The van der Waals surface area contributed by atoms with Crippen LogP contribution in [0.1, 0.15) is 39.0 Å². The van der Waals surface area contributed by atoms with E-state index in [0.717, 1.165) is 32.2 Å². The van der Waals surface area contributed by atoms with Crippen LogP contribution in [0.3, 0.4) is 0 Å². The molecule has 0 bridgehead atoms. The summed E-state index contributed by atoms with van der Waals surface area (Å²) in [5.74, 6) is 0.438. The van der Waals surface area contributed by atoms with Crippen LogP contribution in [0.4, 0.5) is 0 Å². The largest absolute Gasteiger partial charge is 0.342 e. The van der Waals surface area contributed by atoms with Crippen LogP contribution in [0.15, 0.2) is 0 Å². The summed E-state index contributed by atoms with van der Waals surface area (Å²) in [7, 11) is 1.90. The molecule has 17 heavy (non-hydrogen) atoms. The Kier molecular flexibility index (Phi) is 3.82. The van der Waals surface area contributed by atoms with Crippen molar-refractivity contribution in [2.75, 3.05) is 20.1 Å². The van der Waals surface area contributed by atoms with Crippen molar-refractivity contribution in [3.63, 3.8) is 0 Å². The Morgan fingerprint density at radius 1 is 1.29 bits per heavy atom. The zero-order chi connectivity index (χ0) is 12.4. The van der Waals surface area contributed by atoms with Gasteiger partial charge in [-0.05, 0) is 39.2 Å². The summed E-state index contributed by atoms with van der Waals surface area (Å²) in [5, 5.41) is 0. The zero-order valence-electron chi connectivity index (χ0n) is 10.8. The van der Waals surface area contributed by atoms with Crippen molar-refractivity contribution < 1.29 is 9.59 Å². The number of hydrogen-bond acceptors (Lipinski definition) is 3. The monoisotopic (exact) mass is 238 g/mol. The van der Waals surface area contributed by atoms with Gasteiger partial charge >= 0.3 is 0 Å². The van der Waals surface area contributed by atoms with Gasteiger partial charge in [-0.25, -0.2) is 0 Å². The minimum Gasteiger partial charge on any atom is -0.342 e. The molecule has 4 heteroatoms. The van der Waals surface area contributed by atoms with Crippen molar-refractivity contribution in [2.24, 2.45) is 0 Å². The van der Waals surface area contributed by atoms with Gasteiger partial charge in [0.1, 0.15) is 5.78 Å². The van der Waals surface area contributed by atoms with Crippen LogP contribution >= 0.6 is 0 Å². The maximum atomic E-state index is 12.0. The van der Waals surface area contributed by atoms with E-state index in [4.69, 9.17) is 0 Å². The van der Waals surface area contributed by atoms with Gasteiger partial charge < -0.3 is 4.90 Å². The molecule has 2 aliphatic rings. The summed E-state index contributed by atoms with van der Waals surface area (Å²) >= 11 is 0. The van der Waals surface area contributed by atoms with E-state index in [1.165, 1.54) is 0 Å². The second-order valence-electron chi connectivity index (χ2n) is 5.41. The van der Waals surface area contributed by atoms with Gasteiger partial charge in [-0.15, -0.1) is 0 Å². The second kappa shape index (κ2) is 5.17. The molecule has 1 heterocycles. The number of ketones is 1. The molecule has 4 nitrogen and oxygen atoms in total. The van der Waals surface area contributed by atoms with Crippen molar-refractivity contribution in [1.82, 2.24) is 9.80 Å². The van der Waals surface area contributed by atoms with E-state index >= 15 is 0 Å². The molecule has 1 unspecified atom stereocenters. The van der Waals surface area contributed by atoms with E-state index in [1.54, 1.807) is 6.92 Å². The van der Waals surface area contributed by atoms with Gasteiger partial charge in [0.15, 0.2) is 0 Å². The molecule has 0 spiro atoms. The molecule has 0 N–H and O–H groups in total. The Labute approximate surface area is 103 Å². The number of likely N-dealkylation sites (tertiary alicyclic amines) is 1. The number of rotatable bonds is 5. The second-order valence-corrected chi connectivity index (χ2v) is 5.41. The highest BCUT2D eigenvalue weighted by atomic mass is 16.2. The van der Waals surface area contributed by atoms with Gasteiger partial charge in [-0.1, -0.05) is 0 Å². The van der Waals surface area contributed by atoms with Gasteiger partial charge in [-0.3, -0.25) is 14.5 Å². The first-order valence-corrected chi connectivity index (χ1v) is 6.57. The third-order valence-corrected chi connectivity index (χ3v) is 3.85. The highest BCUT2D eigenvalue weighted by Crippen LogP contribution is 2.26. The maximum Gasteiger partial charge on any atom is 0.236 e. The highest BCUT2D eigenvalue weighted by molar-refractivity contribution is 5.79. The third kappa shape index (κ3) is 3.28. The summed E-state index contributed by atoms with van der Waals surface area (Å²) in [4.78, 5) is 27.2. The number of carbonyl (C=O) groups excluding carboxylic acids is 2. The first kappa shape index (κ1) is 12.6. The zero-order valence-corrected chi connectivity index (χ0v) is 10.8. The van der Waals surface area contributed by atoms with Gasteiger partial charge in [0.2, 0.25) is 5.91 Å². The number of amides is 1. The lowest BCUT2D eigenvalue weighted by atomic mass is 10.1. The molecule has 1 amide bonds. The number of nitrogens with zero attached hydrogens (tertiary/aromatic N) is 2. The molecule has 1 aliphatic carbocycles. The van der Waals surface area contributed by atoms with Crippen LogP contribution < -0.4 is 0 Å². The fourth-order valence-electron chi connectivity index (χ4n) is 2.62. The summed E-state index contributed by atoms with van der Waals surface area (Å²) in [6.07, 6.45) is 5.07. The van der Waals surface area contributed by atoms with Gasteiger partial charge in [0.05, 0.1) is 6.54 Å². The molecule has 0 radical (unpaired) electrons. The fourth-order valence-corrected chi connectivity index (χ4v) is 2.62. The molecule has 1 saturated carbocycles. The molecule has 2 rings (SSSR count). The molecule has 1 aliphatic heterocycles. The number of carbonyl (C=O) groups is 2. The van der Waals surface area contributed by atoms with E-state index in [-0.39, 0.29) is 11.7 Å². The lowest BCUT2D eigenvalue weighted by Gasteiger charge is -2.26.